The fourth-order valence-electron chi connectivity index (χ4n) is 3.00. The van der Waals surface area contributed by atoms with Gasteiger partial charge in [-0.1, -0.05) is 49.0 Å². The molecule has 0 fully saturated rings. The normalized spacial score (nSPS) is 15.6. The maximum atomic E-state index is 6.09. The van der Waals surface area contributed by atoms with Crippen molar-refractivity contribution in [2.24, 2.45) is 5.92 Å². The third-order valence-electron chi connectivity index (χ3n) is 4.28. The Morgan fingerprint density at radius 2 is 2.10 bits per heavy atom. The second kappa shape index (κ2) is 8.69. The summed E-state index contributed by atoms with van der Waals surface area (Å²) in [6.07, 6.45) is 2.24. The predicted molar refractivity (Wildman–Crippen MR) is 108 cm³/mol. The smallest absolute Gasteiger partial charge is 0.226 e. The molecular weight excluding hydrogens is 390 g/mol. The molecule has 1 aromatic carbocycles. The zero-order chi connectivity index (χ0) is 20.2. The van der Waals surface area contributed by atoms with Crippen molar-refractivity contribution in [3.8, 4) is 11.5 Å². The Morgan fingerprint density at radius 1 is 1.28 bits per heavy atom. The number of thioether (sulfide) groups is 1. The minimum absolute atomic E-state index is 0.338. The molecule has 0 N–H and O–H groups in total. The quantitative estimate of drug-likeness (QED) is 0.406. The van der Waals surface area contributed by atoms with Gasteiger partial charge in [-0.15, -0.1) is 16.8 Å². The van der Waals surface area contributed by atoms with Gasteiger partial charge in [0.2, 0.25) is 5.89 Å². The van der Waals surface area contributed by atoms with Crippen LogP contribution in [0.1, 0.15) is 37.5 Å². The summed E-state index contributed by atoms with van der Waals surface area (Å²) in [5.74, 6) is 4.47. The molecule has 1 aliphatic heterocycles. The van der Waals surface area contributed by atoms with E-state index in [9.17, 15) is 0 Å². The van der Waals surface area contributed by atoms with Crippen molar-refractivity contribution < 1.29 is 14.0 Å². The van der Waals surface area contributed by atoms with E-state index in [1.54, 1.807) is 0 Å². The Bertz CT molecular complexity index is 984. The minimum atomic E-state index is -0.338. The number of aromatic nitrogens is 5. The summed E-state index contributed by atoms with van der Waals surface area (Å²) in [6.45, 7) is 9.03. The first-order valence-electron chi connectivity index (χ1n) is 9.50. The van der Waals surface area contributed by atoms with Crippen molar-refractivity contribution in [2.75, 3.05) is 6.61 Å². The average molecular weight is 414 g/mol. The third kappa shape index (κ3) is 4.45. The molecule has 0 radical (unpaired) electrons. The molecule has 152 valence electrons. The molecule has 3 aromatic rings. The molecule has 1 atom stereocenters. The number of hydrogen-bond donors (Lipinski definition) is 0. The van der Waals surface area contributed by atoms with Gasteiger partial charge in [-0.2, -0.15) is 4.98 Å². The Balaban J connectivity index is 1.48. The first kappa shape index (κ1) is 19.5. The molecule has 0 saturated heterocycles. The molecule has 2 aromatic heterocycles. The molecule has 8 nitrogen and oxygen atoms in total. The molecule has 4 rings (SSSR count). The molecule has 0 bridgehead atoms. The second-order valence-electron chi connectivity index (χ2n) is 7.10. The van der Waals surface area contributed by atoms with E-state index in [4.69, 9.17) is 14.0 Å². The van der Waals surface area contributed by atoms with E-state index in [1.807, 2.05) is 34.9 Å². The molecule has 9 heteroatoms. The van der Waals surface area contributed by atoms with Gasteiger partial charge in [-0.25, -0.2) is 0 Å². The zero-order valence-electron chi connectivity index (χ0n) is 16.4. The van der Waals surface area contributed by atoms with Crippen molar-refractivity contribution in [1.29, 1.82) is 0 Å². The van der Waals surface area contributed by atoms with E-state index in [2.05, 4.69) is 40.8 Å². The van der Waals surface area contributed by atoms with Crippen LogP contribution in [-0.4, -0.2) is 31.5 Å². The van der Waals surface area contributed by atoms with Crippen LogP contribution in [-0.2, 0) is 18.7 Å². The highest BCUT2D eigenvalue weighted by Gasteiger charge is 2.28. The number of nitrogens with zero attached hydrogens (tertiary/aromatic N) is 5. The van der Waals surface area contributed by atoms with Crippen LogP contribution >= 0.6 is 11.8 Å². The molecule has 0 aliphatic carbocycles. The van der Waals surface area contributed by atoms with Crippen molar-refractivity contribution in [2.45, 2.75) is 43.8 Å². The third-order valence-corrected chi connectivity index (χ3v) is 5.24. The van der Waals surface area contributed by atoms with Crippen LogP contribution in [0.15, 0.2) is 46.6 Å². The topological polar surface area (TPSA) is 88.1 Å². The van der Waals surface area contributed by atoms with Crippen molar-refractivity contribution in [3.63, 3.8) is 0 Å². The lowest BCUT2D eigenvalue weighted by Crippen LogP contribution is -2.25. The number of para-hydroxylation sites is 2. The predicted octanol–water partition coefficient (Wildman–Crippen LogP) is 3.85. The van der Waals surface area contributed by atoms with Crippen LogP contribution in [0, 0.1) is 5.92 Å². The zero-order valence-corrected chi connectivity index (χ0v) is 17.3. The van der Waals surface area contributed by atoms with Gasteiger partial charge >= 0.3 is 0 Å². The lowest BCUT2D eigenvalue weighted by atomic mass is 10.1. The monoisotopic (exact) mass is 413 g/mol. The Morgan fingerprint density at radius 3 is 2.90 bits per heavy atom. The van der Waals surface area contributed by atoms with E-state index in [-0.39, 0.29) is 6.10 Å². The Hall–Kier alpha value is -2.81. The van der Waals surface area contributed by atoms with Crippen LogP contribution in [0.5, 0.6) is 11.5 Å². The number of ether oxygens (including phenoxy) is 2. The molecular formula is C20H23N5O3S. The van der Waals surface area contributed by atoms with Gasteiger partial charge < -0.3 is 14.0 Å². The van der Waals surface area contributed by atoms with Gasteiger partial charge in [0.1, 0.15) is 6.61 Å². The van der Waals surface area contributed by atoms with Crippen molar-refractivity contribution in [3.05, 3.63) is 54.5 Å². The van der Waals surface area contributed by atoms with Crippen LogP contribution in [0.2, 0.25) is 0 Å². The first-order chi connectivity index (χ1) is 14.1. The molecule has 0 saturated carbocycles. The largest absolute Gasteiger partial charge is 0.485 e. The Labute approximate surface area is 173 Å². The molecule has 0 amide bonds. The van der Waals surface area contributed by atoms with Crippen LogP contribution in [0.25, 0.3) is 0 Å². The standard InChI is InChI=1S/C20H23N5O3S/c1-4-9-25-19(16-11-26-14-7-5-6-8-15(14)27-16)22-23-20(25)29-12-17-21-18(28-24-17)10-13(2)3/h4-8,13,16H,1,9-12H2,2-3H3. The number of benzene rings is 1. The van der Waals surface area contributed by atoms with E-state index in [0.29, 0.717) is 48.1 Å². The molecule has 0 spiro atoms. The van der Waals surface area contributed by atoms with Gasteiger partial charge in [0, 0.05) is 13.0 Å². The van der Waals surface area contributed by atoms with Gasteiger partial charge in [0.25, 0.3) is 0 Å². The van der Waals surface area contributed by atoms with Crippen molar-refractivity contribution >= 4 is 11.8 Å². The highest BCUT2D eigenvalue weighted by molar-refractivity contribution is 7.98. The summed E-state index contributed by atoms with van der Waals surface area (Å²) in [7, 11) is 0. The maximum Gasteiger partial charge on any atom is 0.226 e. The van der Waals surface area contributed by atoms with Gasteiger partial charge in [-0.3, -0.25) is 4.57 Å². The van der Waals surface area contributed by atoms with Crippen LogP contribution in [0.4, 0.5) is 0 Å². The van der Waals surface area contributed by atoms with Gasteiger partial charge in [0.05, 0.1) is 5.75 Å². The summed E-state index contributed by atoms with van der Waals surface area (Å²) in [5, 5.41) is 13.5. The molecule has 3 heterocycles. The summed E-state index contributed by atoms with van der Waals surface area (Å²) in [5.41, 5.74) is 0. The fraction of sp³-hybridized carbons (Fsp3) is 0.400. The highest BCUT2D eigenvalue weighted by Crippen LogP contribution is 2.36. The van der Waals surface area contributed by atoms with E-state index < -0.39 is 0 Å². The van der Waals surface area contributed by atoms with Gasteiger partial charge in [-0.05, 0) is 18.1 Å². The van der Waals surface area contributed by atoms with Crippen LogP contribution in [0.3, 0.4) is 0 Å². The number of hydrogen-bond acceptors (Lipinski definition) is 8. The number of rotatable bonds is 8. The first-order valence-corrected chi connectivity index (χ1v) is 10.5. The SMILES string of the molecule is C=CCn1c(SCc2noc(CC(C)C)n2)nnc1C1COc2ccccc2O1. The Kier molecular flexibility index (Phi) is 5.84. The number of allylic oxidation sites excluding steroid dienone is 1. The lowest BCUT2D eigenvalue weighted by Gasteiger charge is -2.26. The average Bonchev–Trinajstić information content (AvgIpc) is 3.32. The van der Waals surface area contributed by atoms with E-state index in [1.165, 1.54) is 11.8 Å². The van der Waals surface area contributed by atoms with Crippen molar-refractivity contribution in [1.82, 2.24) is 24.9 Å². The molecule has 1 unspecified atom stereocenters. The molecule has 29 heavy (non-hydrogen) atoms. The summed E-state index contributed by atoms with van der Waals surface area (Å²) in [4.78, 5) is 4.44. The number of fused-ring (bicyclic) bond motifs is 1. The summed E-state index contributed by atoms with van der Waals surface area (Å²) in [6, 6.07) is 7.61. The minimum Gasteiger partial charge on any atom is -0.485 e. The van der Waals surface area contributed by atoms with E-state index >= 15 is 0 Å². The van der Waals surface area contributed by atoms with E-state index in [0.717, 1.165) is 17.3 Å². The second-order valence-corrected chi connectivity index (χ2v) is 8.04. The highest BCUT2D eigenvalue weighted by atomic mass is 32.2. The van der Waals surface area contributed by atoms with Gasteiger partial charge in [0.15, 0.2) is 34.4 Å². The summed E-state index contributed by atoms with van der Waals surface area (Å²) >= 11 is 1.50. The molecule has 1 aliphatic rings. The summed E-state index contributed by atoms with van der Waals surface area (Å²) < 4.78 is 19.2. The maximum absolute atomic E-state index is 6.09. The van der Waals surface area contributed by atoms with Crippen LogP contribution < -0.4 is 9.47 Å². The lowest BCUT2D eigenvalue weighted by molar-refractivity contribution is 0.0821. The fourth-order valence-corrected chi connectivity index (χ4v) is 3.80.